The van der Waals surface area contributed by atoms with Gasteiger partial charge >= 0.3 is 0 Å². The summed E-state index contributed by atoms with van der Waals surface area (Å²) in [6.07, 6.45) is 4.12. The second kappa shape index (κ2) is 4.00. The zero-order chi connectivity index (χ0) is 11.8. The van der Waals surface area contributed by atoms with Crippen molar-refractivity contribution < 1.29 is 4.79 Å². The maximum atomic E-state index is 11.7. The summed E-state index contributed by atoms with van der Waals surface area (Å²) < 4.78 is 1.84. The van der Waals surface area contributed by atoms with Crippen LogP contribution < -0.4 is 0 Å². The van der Waals surface area contributed by atoms with E-state index in [0.717, 1.165) is 29.8 Å². The summed E-state index contributed by atoms with van der Waals surface area (Å²) in [5.41, 5.74) is 2.74. The second-order valence-corrected chi connectivity index (χ2v) is 4.61. The van der Waals surface area contributed by atoms with Gasteiger partial charge in [0.25, 0.3) is 0 Å². The third-order valence-corrected chi connectivity index (χ3v) is 3.31. The summed E-state index contributed by atoms with van der Waals surface area (Å²) >= 11 is 5.86. The van der Waals surface area contributed by atoms with Gasteiger partial charge in [0.2, 0.25) is 0 Å². The number of Topliss-reactive ketones (excluding diaryl/α,β-unsaturated/α-hetero) is 1. The van der Waals surface area contributed by atoms with Crippen LogP contribution in [0.3, 0.4) is 0 Å². The molecule has 17 heavy (non-hydrogen) atoms. The van der Waals surface area contributed by atoms with Crippen molar-refractivity contribution in [1.82, 2.24) is 9.78 Å². The number of aromatic nitrogens is 2. The number of benzene rings is 1. The van der Waals surface area contributed by atoms with Crippen molar-refractivity contribution in [1.29, 1.82) is 0 Å². The Balaban J connectivity index is 2.10. The standard InChI is InChI=1S/C13H11ClN2O/c14-9-4-6-10(7-5-9)16-12-2-1-3-13(17)11(12)8-15-16/h4-8H,1-3H2. The molecule has 0 saturated carbocycles. The molecule has 0 atom stereocenters. The lowest BCUT2D eigenvalue weighted by atomic mass is 9.97. The lowest BCUT2D eigenvalue weighted by Gasteiger charge is -2.13. The fourth-order valence-corrected chi connectivity index (χ4v) is 2.33. The van der Waals surface area contributed by atoms with Crippen molar-refractivity contribution in [3.05, 3.63) is 46.7 Å². The van der Waals surface area contributed by atoms with Gasteiger partial charge in [0.1, 0.15) is 0 Å². The Kier molecular flexibility index (Phi) is 2.48. The minimum absolute atomic E-state index is 0.200. The first-order valence-corrected chi connectivity index (χ1v) is 5.99. The Bertz CT molecular complexity index is 572. The monoisotopic (exact) mass is 246 g/mol. The molecule has 0 saturated heterocycles. The SMILES string of the molecule is O=C1CCCc2c1cnn2-c1ccc(Cl)cc1. The molecule has 0 bridgehead atoms. The Labute approximate surface area is 104 Å². The smallest absolute Gasteiger partial charge is 0.166 e. The van der Waals surface area contributed by atoms with Crippen LogP contribution in [0.5, 0.6) is 0 Å². The summed E-state index contributed by atoms with van der Waals surface area (Å²) in [5.74, 6) is 0.200. The van der Waals surface area contributed by atoms with Gasteiger partial charge in [-0.15, -0.1) is 0 Å². The molecule has 3 rings (SSSR count). The van der Waals surface area contributed by atoms with Crippen LogP contribution >= 0.6 is 11.6 Å². The van der Waals surface area contributed by atoms with E-state index in [1.165, 1.54) is 0 Å². The molecule has 0 amide bonds. The summed E-state index contributed by atoms with van der Waals surface area (Å²) in [4.78, 5) is 11.7. The highest BCUT2D eigenvalue weighted by atomic mass is 35.5. The highest BCUT2D eigenvalue weighted by Gasteiger charge is 2.22. The van der Waals surface area contributed by atoms with Crippen LogP contribution in [-0.2, 0) is 6.42 Å². The van der Waals surface area contributed by atoms with Crippen molar-refractivity contribution in [2.24, 2.45) is 0 Å². The fourth-order valence-electron chi connectivity index (χ4n) is 2.20. The quantitative estimate of drug-likeness (QED) is 0.775. The molecule has 0 spiro atoms. The lowest BCUT2D eigenvalue weighted by molar-refractivity contribution is 0.0972. The van der Waals surface area contributed by atoms with Crippen LogP contribution in [0, 0.1) is 0 Å². The van der Waals surface area contributed by atoms with Crippen molar-refractivity contribution >= 4 is 17.4 Å². The van der Waals surface area contributed by atoms with Gasteiger partial charge in [0.05, 0.1) is 23.1 Å². The van der Waals surface area contributed by atoms with Crippen LogP contribution in [0.1, 0.15) is 28.9 Å². The fraction of sp³-hybridized carbons (Fsp3) is 0.231. The highest BCUT2D eigenvalue weighted by molar-refractivity contribution is 6.30. The van der Waals surface area contributed by atoms with Crippen LogP contribution in [0.25, 0.3) is 5.69 Å². The number of hydrogen-bond donors (Lipinski definition) is 0. The molecular weight excluding hydrogens is 236 g/mol. The number of nitrogens with zero attached hydrogens (tertiary/aromatic N) is 2. The second-order valence-electron chi connectivity index (χ2n) is 4.17. The highest BCUT2D eigenvalue weighted by Crippen LogP contribution is 2.24. The molecule has 3 nitrogen and oxygen atoms in total. The van der Waals surface area contributed by atoms with Gasteiger partial charge in [0.15, 0.2) is 5.78 Å². The van der Waals surface area contributed by atoms with E-state index in [9.17, 15) is 4.79 Å². The predicted molar refractivity (Wildman–Crippen MR) is 65.8 cm³/mol. The van der Waals surface area contributed by atoms with Gasteiger partial charge in [-0.2, -0.15) is 5.10 Å². The van der Waals surface area contributed by atoms with E-state index >= 15 is 0 Å². The zero-order valence-corrected chi connectivity index (χ0v) is 9.94. The van der Waals surface area contributed by atoms with Crippen molar-refractivity contribution in [2.45, 2.75) is 19.3 Å². The van der Waals surface area contributed by atoms with E-state index < -0.39 is 0 Å². The molecule has 0 unspecified atom stereocenters. The Morgan fingerprint density at radius 1 is 1.18 bits per heavy atom. The molecule has 0 fully saturated rings. The first-order chi connectivity index (χ1) is 8.25. The normalized spacial score (nSPS) is 14.8. The topological polar surface area (TPSA) is 34.9 Å². The van der Waals surface area contributed by atoms with E-state index in [0.29, 0.717) is 11.4 Å². The molecule has 1 aliphatic rings. The molecular formula is C13H11ClN2O. The molecule has 86 valence electrons. The van der Waals surface area contributed by atoms with E-state index in [1.54, 1.807) is 6.20 Å². The van der Waals surface area contributed by atoms with Gasteiger partial charge in [-0.25, -0.2) is 4.68 Å². The van der Waals surface area contributed by atoms with Crippen LogP contribution in [0.15, 0.2) is 30.5 Å². The molecule has 2 aromatic rings. The molecule has 0 aliphatic heterocycles. The number of ketones is 1. The Hall–Kier alpha value is -1.61. The van der Waals surface area contributed by atoms with Gasteiger partial charge < -0.3 is 0 Å². The molecule has 1 aliphatic carbocycles. The maximum Gasteiger partial charge on any atom is 0.166 e. The minimum atomic E-state index is 0.200. The van der Waals surface area contributed by atoms with Crippen molar-refractivity contribution in [2.75, 3.05) is 0 Å². The Morgan fingerprint density at radius 2 is 1.94 bits per heavy atom. The summed E-state index contributed by atoms with van der Waals surface area (Å²) in [6.45, 7) is 0. The van der Waals surface area contributed by atoms with Crippen LogP contribution in [0.2, 0.25) is 5.02 Å². The molecule has 4 heteroatoms. The number of rotatable bonds is 1. The number of fused-ring (bicyclic) bond motifs is 1. The average molecular weight is 247 g/mol. The van der Waals surface area contributed by atoms with Gasteiger partial charge in [-0.3, -0.25) is 4.79 Å². The summed E-state index contributed by atoms with van der Waals surface area (Å²) in [6, 6.07) is 7.48. The van der Waals surface area contributed by atoms with E-state index in [1.807, 2.05) is 28.9 Å². The number of halogens is 1. The first kappa shape index (κ1) is 10.5. The zero-order valence-electron chi connectivity index (χ0n) is 9.19. The Morgan fingerprint density at radius 3 is 2.71 bits per heavy atom. The number of hydrogen-bond acceptors (Lipinski definition) is 2. The predicted octanol–water partition coefficient (Wildman–Crippen LogP) is 3.04. The van der Waals surface area contributed by atoms with Gasteiger partial charge in [-0.05, 0) is 37.1 Å². The summed E-state index contributed by atoms with van der Waals surface area (Å²) in [5, 5.41) is 5.00. The maximum absolute atomic E-state index is 11.7. The molecule has 1 aromatic carbocycles. The summed E-state index contributed by atoms with van der Waals surface area (Å²) in [7, 11) is 0. The molecule has 1 aromatic heterocycles. The number of carbonyl (C=O) groups is 1. The van der Waals surface area contributed by atoms with Crippen LogP contribution in [-0.4, -0.2) is 15.6 Å². The van der Waals surface area contributed by atoms with E-state index in [-0.39, 0.29) is 5.78 Å². The molecule has 0 radical (unpaired) electrons. The number of carbonyl (C=O) groups excluding carboxylic acids is 1. The van der Waals surface area contributed by atoms with E-state index in [4.69, 9.17) is 11.6 Å². The third-order valence-electron chi connectivity index (χ3n) is 3.06. The average Bonchev–Trinajstić information content (AvgIpc) is 2.75. The van der Waals surface area contributed by atoms with E-state index in [2.05, 4.69) is 5.10 Å². The largest absolute Gasteiger partial charge is 0.294 e. The van der Waals surface area contributed by atoms with Crippen molar-refractivity contribution in [3.8, 4) is 5.69 Å². The van der Waals surface area contributed by atoms with Gasteiger partial charge in [-0.1, -0.05) is 11.6 Å². The van der Waals surface area contributed by atoms with Crippen molar-refractivity contribution in [3.63, 3.8) is 0 Å². The van der Waals surface area contributed by atoms with Gasteiger partial charge in [0, 0.05) is 11.4 Å². The van der Waals surface area contributed by atoms with Crippen LogP contribution in [0.4, 0.5) is 0 Å². The minimum Gasteiger partial charge on any atom is -0.294 e. The molecule has 1 heterocycles. The molecule has 0 N–H and O–H groups in total. The lowest BCUT2D eigenvalue weighted by Crippen LogP contribution is -2.12. The first-order valence-electron chi connectivity index (χ1n) is 5.62. The third kappa shape index (κ3) is 1.76.